The van der Waals surface area contributed by atoms with Gasteiger partial charge in [-0.3, -0.25) is 0 Å². The molecule has 0 N–H and O–H groups in total. The second-order valence-corrected chi connectivity index (χ2v) is 11.5. The molecule has 0 amide bonds. The summed E-state index contributed by atoms with van der Waals surface area (Å²) in [7, 11) is 4.87. The quantitative estimate of drug-likeness (QED) is 0.282. The molecular formula is C24H50N+. The minimum Gasteiger partial charge on any atom is -0.324 e. The monoisotopic (exact) mass is 352 g/mol. The van der Waals surface area contributed by atoms with Crippen LogP contribution in [0.15, 0.2) is 12.2 Å². The number of quaternary nitrogens is 1. The third-order valence-corrected chi connectivity index (χ3v) is 7.80. The summed E-state index contributed by atoms with van der Waals surface area (Å²) in [4.78, 5) is 0. The van der Waals surface area contributed by atoms with Gasteiger partial charge in [0.15, 0.2) is 0 Å². The van der Waals surface area contributed by atoms with Crippen LogP contribution in [0, 0.1) is 16.2 Å². The Kier molecular flexibility index (Phi) is 8.06. The fraction of sp³-hybridized carbons (Fsp3) is 0.917. The van der Waals surface area contributed by atoms with Gasteiger partial charge in [-0.25, -0.2) is 0 Å². The molecule has 0 rings (SSSR count). The molecule has 0 radical (unpaired) electrons. The van der Waals surface area contributed by atoms with E-state index in [0.717, 1.165) is 4.48 Å². The smallest absolute Gasteiger partial charge is 0.0937 e. The summed E-state index contributed by atoms with van der Waals surface area (Å²) < 4.78 is 1.09. The number of allylic oxidation sites excluding steroid dienone is 1. The second kappa shape index (κ2) is 8.15. The van der Waals surface area contributed by atoms with Crippen molar-refractivity contribution in [3.63, 3.8) is 0 Å². The van der Waals surface area contributed by atoms with Gasteiger partial charge in [-0.1, -0.05) is 60.6 Å². The van der Waals surface area contributed by atoms with Crippen molar-refractivity contribution >= 4 is 0 Å². The van der Waals surface area contributed by atoms with Crippen LogP contribution in [0.4, 0.5) is 0 Å². The van der Waals surface area contributed by atoms with Crippen LogP contribution in [-0.2, 0) is 0 Å². The van der Waals surface area contributed by atoms with Crippen molar-refractivity contribution in [1.29, 1.82) is 0 Å². The Morgan fingerprint density at radius 3 is 1.64 bits per heavy atom. The first-order valence-corrected chi connectivity index (χ1v) is 10.5. The second-order valence-electron chi connectivity index (χ2n) is 11.5. The van der Waals surface area contributed by atoms with Crippen molar-refractivity contribution in [3.05, 3.63) is 12.2 Å². The zero-order valence-corrected chi connectivity index (χ0v) is 19.9. The molecule has 0 aromatic carbocycles. The molecule has 0 aromatic heterocycles. The Morgan fingerprint density at radius 2 is 1.32 bits per heavy atom. The van der Waals surface area contributed by atoms with Crippen LogP contribution >= 0.6 is 0 Å². The van der Waals surface area contributed by atoms with E-state index in [4.69, 9.17) is 0 Å². The molecule has 0 saturated heterocycles. The summed E-state index contributed by atoms with van der Waals surface area (Å²) in [6.45, 7) is 29.4. The van der Waals surface area contributed by atoms with Crippen LogP contribution in [0.5, 0.6) is 0 Å². The van der Waals surface area contributed by atoms with Crippen molar-refractivity contribution in [3.8, 4) is 0 Å². The fourth-order valence-electron chi connectivity index (χ4n) is 4.41. The molecule has 0 aliphatic rings. The fourth-order valence-corrected chi connectivity index (χ4v) is 4.41. The van der Waals surface area contributed by atoms with E-state index < -0.39 is 0 Å². The highest BCUT2D eigenvalue weighted by molar-refractivity contribution is 5.12. The maximum absolute atomic E-state index is 4.35. The molecule has 0 aromatic rings. The molecule has 0 unspecified atom stereocenters. The van der Waals surface area contributed by atoms with Gasteiger partial charge >= 0.3 is 0 Å². The predicted octanol–water partition coefficient (Wildman–Crippen LogP) is 7.47. The SMILES string of the molecule is C=C(C)C(C)(C)C(CC)(CC)CC(C)(C)[N+](C)(C)CCCC(C)(C)C. The van der Waals surface area contributed by atoms with Gasteiger partial charge in [0.25, 0.3) is 0 Å². The van der Waals surface area contributed by atoms with E-state index in [-0.39, 0.29) is 11.0 Å². The molecule has 0 atom stereocenters. The van der Waals surface area contributed by atoms with Gasteiger partial charge in [0.05, 0.1) is 26.2 Å². The third kappa shape index (κ3) is 5.84. The van der Waals surface area contributed by atoms with Gasteiger partial charge in [0.1, 0.15) is 0 Å². The standard InChI is InChI=1S/C24H50N/c1-14-24(15-2,23(10,11)20(3)4)19-22(8,9)25(12,13)18-16-17-21(5,6)7/h3,14-19H2,1-2,4-13H3/q+1. The summed E-state index contributed by atoms with van der Waals surface area (Å²) in [5, 5.41) is 0. The first kappa shape index (κ1) is 24.7. The predicted molar refractivity (Wildman–Crippen MR) is 116 cm³/mol. The van der Waals surface area contributed by atoms with Crippen LogP contribution in [0.2, 0.25) is 0 Å². The van der Waals surface area contributed by atoms with Crippen LogP contribution in [0.25, 0.3) is 0 Å². The largest absolute Gasteiger partial charge is 0.324 e. The van der Waals surface area contributed by atoms with Gasteiger partial charge in [-0.2, -0.15) is 0 Å². The lowest BCUT2D eigenvalue weighted by atomic mass is 9.55. The Bertz CT molecular complexity index is 428. The highest BCUT2D eigenvalue weighted by Gasteiger charge is 2.50. The lowest BCUT2D eigenvalue weighted by Gasteiger charge is -2.54. The summed E-state index contributed by atoms with van der Waals surface area (Å²) in [6.07, 6.45) is 6.28. The molecule has 0 aliphatic carbocycles. The van der Waals surface area contributed by atoms with E-state index in [1.54, 1.807) is 0 Å². The van der Waals surface area contributed by atoms with E-state index in [2.05, 4.69) is 89.9 Å². The van der Waals surface area contributed by atoms with Crippen molar-refractivity contribution in [2.75, 3.05) is 20.6 Å². The first-order valence-electron chi connectivity index (χ1n) is 10.5. The number of rotatable bonds is 10. The van der Waals surface area contributed by atoms with Crippen molar-refractivity contribution in [2.24, 2.45) is 16.2 Å². The maximum Gasteiger partial charge on any atom is 0.0937 e. The number of hydrogen-bond acceptors (Lipinski definition) is 0. The van der Waals surface area contributed by atoms with E-state index in [9.17, 15) is 0 Å². The van der Waals surface area contributed by atoms with E-state index >= 15 is 0 Å². The molecule has 25 heavy (non-hydrogen) atoms. The first-order chi connectivity index (χ1) is 11.0. The molecule has 0 saturated carbocycles. The Balaban J connectivity index is 5.49. The molecule has 1 heteroatoms. The Morgan fingerprint density at radius 1 is 0.880 bits per heavy atom. The van der Waals surface area contributed by atoms with E-state index in [1.807, 2.05) is 0 Å². The van der Waals surface area contributed by atoms with E-state index in [0.29, 0.717) is 10.8 Å². The molecular weight excluding hydrogens is 302 g/mol. The van der Waals surface area contributed by atoms with Crippen LogP contribution in [0.3, 0.4) is 0 Å². The summed E-state index contributed by atoms with van der Waals surface area (Å²) in [5.41, 5.74) is 2.48. The Hall–Kier alpha value is -0.300. The van der Waals surface area contributed by atoms with Crippen molar-refractivity contribution < 1.29 is 4.48 Å². The van der Waals surface area contributed by atoms with Crippen molar-refractivity contribution in [2.45, 2.75) is 107 Å². The topological polar surface area (TPSA) is 0 Å². The van der Waals surface area contributed by atoms with Crippen LogP contribution in [0.1, 0.15) is 101 Å². The molecule has 0 spiro atoms. The third-order valence-electron chi connectivity index (χ3n) is 7.80. The summed E-state index contributed by atoms with van der Waals surface area (Å²) in [5.74, 6) is 0. The van der Waals surface area contributed by atoms with Gasteiger partial charge < -0.3 is 4.48 Å². The normalized spacial score (nSPS) is 14.7. The van der Waals surface area contributed by atoms with E-state index in [1.165, 1.54) is 44.2 Å². The zero-order valence-electron chi connectivity index (χ0n) is 19.9. The average Bonchev–Trinajstić information content (AvgIpc) is 2.42. The molecule has 0 fully saturated rings. The molecule has 0 heterocycles. The van der Waals surface area contributed by atoms with Gasteiger partial charge in [-0.05, 0) is 62.7 Å². The summed E-state index contributed by atoms with van der Waals surface area (Å²) in [6, 6.07) is 0. The lowest BCUT2D eigenvalue weighted by molar-refractivity contribution is -0.939. The molecule has 150 valence electrons. The maximum atomic E-state index is 4.35. The Labute approximate surface area is 160 Å². The van der Waals surface area contributed by atoms with Crippen molar-refractivity contribution in [1.82, 2.24) is 0 Å². The zero-order chi connectivity index (χ0) is 20.3. The molecule has 0 bridgehead atoms. The highest BCUT2D eigenvalue weighted by Crippen LogP contribution is 2.54. The minimum absolute atomic E-state index is 0.166. The summed E-state index contributed by atoms with van der Waals surface area (Å²) >= 11 is 0. The molecule has 0 aliphatic heterocycles. The minimum atomic E-state index is 0.166. The highest BCUT2D eigenvalue weighted by atomic mass is 15.4. The van der Waals surface area contributed by atoms with Crippen LogP contribution in [-0.4, -0.2) is 30.7 Å². The average molecular weight is 353 g/mol. The van der Waals surface area contributed by atoms with Gasteiger partial charge in [0.2, 0.25) is 0 Å². The molecule has 1 nitrogen and oxygen atoms in total. The van der Waals surface area contributed by atoms with Gasteiger partial charge in [0, 0.05) is 6.42 Å². The van der Waals surface area contributed by atoms with Crippen LogP contribution < -0.4 is 0 Å². The van der Waals surface area contributed by atoms with Gasteiger partial charge in [-0.15, -0.1) is 0 Å². The lowest BCUT2D eigenvalue weighted by Crippen LogP contribution is -2.59. The number of hydrogen-bond donors (Lipinski definition) is 0. The number of nitrogens with zero attached hydrogens (tertiary/aromatic N) is 1.